The number of hydrogen-bond acceptors (Lipinski definition) is 6. The zero-order chi connectivity index (χ0) is 24.0. The molecule has 3 aromatic rings. The fourth-order valence-electron chi connectivity index (χ4n) is 3.31. The van der Waals surface area contributed by atoms with E-state index in [0.29, 0.717) is 29.8 Å². The van der Waals surface area contributed by atoms with Crippen LogP contribution in [0, 0.1) is 0 Å². The molecule has 34 heavy (non-hydrogen) atoms. The maximum atomic E-state index is 12.9. The van der Waals surface area contributed by atoms with Crippen LogP contribution in [0.2, 0.25) is 0 Å². The van der Waals surface area contributed by atoms with Gasteiger partial charge in [0.25, 0.3) is 0 Å². The van der Waals surface area contributed by atoms with Crippen LogP contribution in [0.15, 0.2) is 83.8 Å². The minimum absolute atomic E-state index is 0.0852. The first-order valence-corrected chi connectivity index (χ1v) is 12.3. The molecule has 0 radical (unpaired) electrons. The Bertz CT molecular complexity index is 1260. The molecule has 1 aliphatic rings. The van der Waals surface area contributed by atoms with Gasteiger partial charge in [0.2, 0.25) is 0 Å². The van der Waals surface area contributed by atoms with Crippen LogP contribution in [0.5, 0.6) is 5.75 Å². The molecular formula is C25H24N2O6S. The number of para-hydroxylation sites is 1. The number of alkyl carbamates (subject to hydrolysis) is 1. The Morgan fingerprint density at radius 3 is 2.24 bits per heavy atom. The molecule has 4 rings (SSSR count). The molecule has 0 aromatic heterocycles. The summed E-state index contributed by atoms with van der Waals surface area (Å²) in [7, 11) is -3.53. The molecule has 8 nitrogen and oxygen atoms in total. The fraction of sp³-hybridized carbons (Fsp3) is 0.200. The van der Waals surface area contributed by atoms with Gasteiger partial charge in [-0.3, -0.25) is 5.32 Å². The minimum Gasteiger partial charge on any atom is -0.445 e. The van der Waals surface area contributed by atoms with Gasteiger partial charge in [-0.1, -0.05) is 48.5 Å². The van der Waals surface area contributed by atoms with E-state index in [4.69, 9.17) is 9.47 Å². The molecule has 0 aliphatic heterocycles. The van der Waals surface area contributed by atoms with E-state index in [1.807, 2.05) is 30.3 Å². The Hall–Kier alpha value is -3.85. The number of carbonyl (C=O) groups excluding carboxylic acids is 2. The lowest BCUT2D eigenvalue weighted by molar-refractivity contribution is 0.139. The van der Waals surface area contributed by atoms with E-state index >= 15 is 0 Å². The maximum Gasteiger partial charge on any atom is 0.417 e. The Morgan fingerprint density at radius 1 is 0.882 bits per heavy atom. The van der Waals surface area contributed by atoms with E-state index in [2.05, 4.69) is 10.6 Å². The van der Waals surface area contributed by atoms with E-state index in [0.717, 1.165) is 5.56 Å². The normalized spacial score (nSPS) is 13.1. The summed E-state index contributed by atoms with van der Waals surface area (Å²) >= 11 is 0. The quantitative estimate of drug-likeness (QED) is 0.485. The Balaban J connectivity index is 1.45. The third-order valence-corrected chi connectivity index (χ3v) is 7.53. The lowest BCUT2D eigenvalue weighted by Gasteiger charge is -2.14. The van der Waals surface area contributed by atoms with Gasteiger partial charge in [-0.25, -0.2) is 18.0 Å². The van der Waals surface area contributed by atoms with Gasteiger partial charge in [-0.2, -0.15) is 0 Å². The van der Waals surface area contributed by atoms with Crippen LogP contribution in [0.3, 0.4) is 0 Å². The van der Waals surface area contributed by atoms with Crippen molar-refractivity contribution >= 4 is 27.7 Å². The Morgan fingerprint density at radius 2 is 1.56 bits per heavy atom. The summed E-state index contributed by atoms with van der Waals surface area (Å²) in [4.78, 5) is 24.6. The van der Waals surface area contributed by atoms with Crippen LogP contribution in [0.4, 0.5) is 15.3 Å². The van der Waals surface area contributed by atoms with E-state index in [1.165, 1.54) is 18.2 Å². The van der Waals surface area contributed by atoms with Gasteiger partial charge in [-0.15, -0.1) is 0 Å². The SMILES string of the molecule is O=C(NCc1cc(NC(=O)Oc2ccccc2)ccc1S(=O)(=O)C1CC1)OCc1ccccc1. The van der Waals surface area contributed by atoms with Gasteiger partial charge >= 0.3 is 12.2 Å². The largest absolute Gasteiger partial charge is 0.445 e. The summed E-state index contributed by atoms with van der Waals surface area (Å²) in [6, 6.07) is 22.2. The van der Waals surface area contributed by atoms with Crippen LogP contribution in [-0.2, 0) is 27.7 Å². The molecule has 2 amide bonds. The summed E-state index contributed by atoms with van der Waals surface area (Å²) in [5.41, 5.74) is 1.52. The maximum absolute atomic E-state index is 12.9. The van der Waals surface area contributed by atoms with E-state index < -0.39 is 27.3 Å². The van der Waals surface area contributed by atoms with Crippen molar-refractivity contribution in [3.63, 3.8) is 0 Å². The first-order valence-electron chi connectivity index (χ1n) is 10.8. The molecule has 0 heterocycles. The first kappa shape index (κ1) is 23.3. The molecule has 2 N–H and O–H groups in total. The third kappa shape index (κ3) is 6.14. The number of benzene rings is 3. The number of hydrogen-bond donors (Lipinski definition) is 2. The fourth-order valence-corrected chi connectivity index (χ4v) is 5.18. The lowest BCUT2D eigenvalue weighted by Crippen LogP contribution is -2.25. The Labute approximate surface area is 197 Å². The average molecular weight is 481 g/mol. The molecule has 0 spiro atoms. The topological polar surface area (TPSA) is 111 Å². The summed E-state index contributed by atoms with van der Waals surface area (Å²) in [5.74, 6) is 0.371. The van der Waals surface area contributed by atoms with E-state index in [9.17, 15) is 18.0 Å². The standard InChI is InChI=1S/C25H24N2O6S/c28-24(32-17-18-7-3-1-4-8-18)26-16-19-15-20(11-14-23(19)34(30,31)22-12-13-22)27-25(29)33-21-9-5-2-6-10-21/h1-11,14-15,22H,12-13,16-17H2,(H,26,28)(H,27,29). The van der Waals surface area contributed by atoms with Crippen LogP contribution in [0.25, 0.3) is 0 Å². The number of nitrogens with one attached hydrogen (secondary N) is 2. The summed E-state index contributed by atoms with van der Waals surface area (Å²) < 4.78 is 36.2. The number of anilines is 1. The molecule has 1 aliphatic carbocycles. The highest BCUT2D eigenvalue weighted by Gasteiger charge is 2.38. The average Bonchev–Trinajstić information content (AvgIpc) is 3.69. The van der Waals surface area contributed by atoms with E-state index in [1.54, 1.807) is 30.3 Å². The smallest absolute Gasteiger partial charge is 0.417 e. The molecule has 0 saturated heterocycles. The molecule has 0 atom stereocenters. The molecule has 3 aromatic carbocycles. The summed E-state index contributed by atoms with van der Waals surface area (Å²) in [5, 5.41) is 4.76. The van der Waals surface area contributed by atoms with Crippen molar-refractivity contribution in [2.24, 2.45) is 0 Å². The number of sulfone groups is 1. The van der Waals surface area contributed by atoms with Crippen molar-refractivity contribution < 1.29 is 27.5 Å². The minimum atomic E-state index is -3.53. The second kappa shape index (κ2) is 10.4. The highest BCUT2D eigenvalue weighted by atomic mass is 32.2. The van der Waals surface area contributed by atoms with Crippen LogP contribution >= 0.6 is 0 Å². The summed E-state index contributed by atoms with van der Waals surface area (Å²) in [6.07, 6.45) is -0.180. The molecular weight excluding hydrogens is 456 g/mol. The Kier molecular flexibility index (Phi) is 7.12. The van der Waals surface area contributed by atoms with Crippen LogP contribution < -0.4 is 15.4 Å². The number of rotatable bonds is 8. The van der Waals surface area contributed by atoms with Gasteiger partial charge in [0.05, 0.1) is 10.1 Å². The van der Waals surface area contributed by atoms with Gasteiger partial charge in [-0.05, 0) is 54.3 Å². The molecule has 0 bridgehead atoms. The monoisotopic (exact) mass is 480 g/mol. The zero-order valence-electron chi connectivity index (χ0n) is 18.3. The van der Waals surface area contributed by atoms with Crippen LogP contribution in [-0.4, -0.2) is 25.9 Å². The van der Waals surface area contributed by atoms with Crippen molar-refractivity contribution in [1.82, 2.24) is 5.32 Å². The van der Waals surface area contributed by atoms with Gasteiger partial charge in [0.1, 0.15) is 12.4 Å². The van der Waals surface area contributed by atoms with Crippen molar-refractivity contribution in [1.29, 1.82) is 0 Å². The molecule has 0 unspecified atom stereocenters. The second-order valence-corrected chi connectivity index (χ2v) is 10.0. The molecule has 1 fully saturated rings. The molecule has 176 valence electrons. The molecule has 9 heteroatoms. The molecule has 1 saturated carbocycles. The van der Waals surface area contributed by atoms with E-state index in [-0.39, 0.29) is 18.0 Å². The number of amides is 2. The number of carbonyl (C=O) groups is 2. The van der Waals surface area contributed by atoms with Gasteiger partial charge < -0.3 is 14.8 Å². The first-order chi connectivity index (χ1) is 16.4. The van der Waals surface area contributed by atoms with Gasteiger partial charge in [0.15, 0.2) is 9.84 Å². The predicted molar refractivity (Wildman–Crippen MR) is 126 cm³/mol. The summed E-state index contributed by atoms with van der Waals surface area (Å²) in [6.45, 7) is 0.00494. The highest BCUT2D eigenvalue weighted by molar-refractivity contribution is 7.92. The second-order valence-electron chi connectivity index (χ2n) is 7.81. The van der Waals surface area contributed by atoms with Gasteiger partial charge in [0, 0.05) is 12.2 Å². The lowest BCUT2D eigenvalue weighted by atomic mass is 10.2. The third-order valence-electron chi connectivity index (χ3n) is 5.17. The zero-order valence-corrected chi connectivity index (χ0v) is 19.1. The highest BCUT2D eigenvalue weighted by Crippen LogP contribution is 2.35. The van der Waals surface area contributed by atoms with Crippen LogP contribution in [0.1, 0.15) is 24.0 Å². The van der Waals surface area contributed by atoms with Crippen molar-refractivity contribution in [3.8, 4) is 5.75 Å². The number of ether oxygens (including phenoxy) is 2. The van der Waals surface area contributed by atoms with Crippen molar-refractivity contribution in [2.75, 3.05) is 5.32 Å². The predicted octanol–water partition coefficient (Wildman–Crippen LogP) is 4.66. The van der Waals surface area contributed by atoms with Crippen molar-refractivity contribution in [2.45, 2.75) is 36.1 Å². The van der Waals surface area contributed by atoms with Crippen molar-refractivity contribution in [3.05, 3.63) is 90.0 Å².